The van der Waals surface area contributed by atoms with Crippen LogP contribution in [0.15, 0.2) is 57.9 Å². The number of thioether (sulfide) groups is 1. The lowest BCUT2D eigenvalue weighted by Crippen LogP contribution is -2.02. The Bertz CT molecular complexity index is 538. The van der Waals surface area contributed by atoms with Crippen molar-refractivity contribution < 1.29 is 9.47 Å². The van der Waals surface area contributed by atoms with Gasteiger partial charge in [0.25, 0.3) is 0 Å². The molecule has 0 saturated heterocycles. The van der Waals surface area contributed by atoms with E-state index in [0.717, 1.165) is 15.8 Å². The van der Waals surface area contributed by atoms with E-state index in [9.17, 15) is 0 Å². The Morgan fingerprint density at radius 3 is 2.25 bits per heavy atom. The summed E-state index contributed by atoms with van der Waals surface area (Å²) in [4.78, 5) is 1.23. The van der Waals surface area contributed by atoms with Crippen LogP contribution in [0.25, 0.3) is 0 Å². The molecule has 2 aromatic carbocycles. The molecule has 2 aromatic rings. The number of methoxy groups -OCH3 is 2. The molecule has 0 bridgehead atoms. The molecule has 2 rings (SSSR count). The molecular formula is C16H17BrO2S. The molecule has 0 aliphatic heterocycles. The van der Waals surface area contributed by atoms with Crippen molar-refractivity contribution in [2.24, 2.45) is 0 Å². The first-order valence-electron chi connectivity index (χ1n) is 6.26. The monoisotopic (exact) mass is 352 g/mol. The third kappa shape index (κ3) is 4.09. The van der Waals surface area contributed by atoms with E-state index < -0.39 is 0 Å². The molecule has 106 valence electrons. The fourth-order valence-corrected chi connectivity index (χ4v) is 3.38. The highest BCUT2D eigenvalue weighted by Gasteiger charge is 2.08. The standard InChI is InChI=1S/C16H17BrO2S/c1-18-16(19-2)12-7-9-14(10-8-12)20-11-13-5-3-4-6-15(13)17/h3-10,16H,11H2,1-2H3. The zero-order valence-electron chi connectivity index (χ0n) is 11.5. The van der Waals surface area contributed by atoms with Crippen LogP contribution in [-0.4, -0.2) is 14.2 Å². The van der Waals surface area contributed by atoms with Crippen LogP contribution in [0, 0.1) is 0 Å². The van der Waals surface area contributed by atoms with Crippen molar-refractivity contribution in [1.29, 1.82) is 0 Å². The highest BCUT2D eigenvalue weighted by Crippen LogP contribution is 2.28. The molecule has 0 fully saturated rings. The summed E-state index contributed by atoms with van der Waals surface area (Å²) >= 11 is 5.38. The average molecular weight is 353 g/mol. The number of benzene rings is 2. The SMILES string of the molecule is COC(OC)c1ccc(SCc2ccccc2Br)cc1. The fraction of sp³-hybridized carbons (Fsp3) is 0.250. The van der Waals surface area contributed by atoms with Crippen LogP contribution in [0.5, 0.6) is 0 Å². The molecule has 0 heterocycles. The number of ether oxygens (including phenoxy) is 2. The molecule has 0 atom stereocenters. The molecular weight excluding hydrogens is 336 g/mol. The Morgan fingerprint density at radius 1 is 1.00 bits per heavy atom. The van der Waals surface area contributed by atoms with E-state index in [-0.39, 0.29) is 6.29 Å². The maximum absolute atomic E-state index is 5.24. The van der Waals surface area contributed by atoms with Gasteiger partial charge in [0.2, 0.25) is 0 Å². The Morgan fingerprint density at radius 2 is 1.65 bits per heavy atom. The molecule has 4 heteroatoms. The molecule has 0 N–H and O–H groups in total. The van der Waals surface area contributed by atoms with E-state index in [1.165, 1.54) is 10.5 Å². The normalized spacial score (nSPS) is 11.0. The molecule has 0 aliphatic carbocycles. The molecule has 0 spiro atoms. The van der Waals surface area contributed by atoms with Crippen molar-refractivity contribution in [2.75, 3.05) is 14.2 Å². The molecule has 0 radical (unpaired) electrons. The smallest absolute Gasteiger partial charge is 0.183 e. The van der Waals surface area contributed by atoms with Crippen LogP contribution >= 0.6 is 27.7 Å². The number of rotatable bonds is 6. The van der Waals surface area contributed by atoms with Crippen LogP contribution < -0.4 is 0 Å². The Hall–Kier alpha value is -0.810. The number of halogens is 1. The maximum Gasteiger partial charge on any atom is 0.183 e. The Kier molecular flexibility index (Phi) is 6.10. The van der Waals surface area contributed by atoms with Crippen molar-refractivity contribution in [2.45, 2.75) is 16.9 Å². The lowest BCUT2D eigenvalue weighted by atomic mass is 10.2. The van der Waals surface area contributed by atoms with Gasteiger partial charge in [0, 0.05) is 34.9 Å². The van der Waals surface area contributed by atoms with Crippen molar-refractivity contribution in [3.8, 4) is 0 Å². The van der Waals surface area contributed by atoms with E-state index >= 15 is 0 Å². The van der Waals surface area contributed by atoms with Crippen LogP contribution in [0.2, 0.25) is 0 Å². The predicted molar refractivity (Wildman–Crippen MR) is 86.9 cm³/mol. The third-order valence-electron chi connectivity index (χ3n) is 2.93. The van der Waals surface area contributed by atoms with Crippen LogP contribution in [0.1, 0.15) is 17.4 Å². The van der Waals surface area contributed by atoms with Gasteiger partial charge in [-0.2, -0.15) is 0 Å². The summed E-state index contributed by atoms with van der Waals surface area (Å²) in [6.45, 7) is 0. The van der Waals surface area contributed by atoms with E-state index in [1.807, 2.05) is 30.0 Å². The highest BCUT2D eigenvalue weighted by molar-refractivity contribution is 9.10. The van der Waals surface area contributed by atoms with Gasteiger partial charge >= 0.3 is 0 Å². The minimum absolute atomic E-state index is 0.294. The van der Waals surface area contributed by atoms with Gasteiger partial charge in [-0.1, -0.05) is 46.3 Å². The fourth-order valence-electron chi connectivity index (χ4n) is 1.87. The molecule has 0 amide bonds. The first-order valence-corrected chi connectivity index (χ1v) is 8.04. The minimum atomic E-state index is -0.294. The van der Waals surface area contributed by atoms with Gasteiger partial charge in [0.05, 0.1) is 0 Å². The predicted octanol–water partition coefficient (Wildman–Crippen LogP) is 5.03. The van der Waals surface area contributed by atoms with Gasteiger partial charge < -0.3 is 9.47 Å². The third-order valence-corrected chi connectivity index (χ3v) is 4.77. The first-order chi connectivity index (χ1) is 9.74. The number of hydrogen-bond acceptors (Lipinski definition) is 3. The summed E-state index contributed by atoms with van der Waals surface area (Å²) in [5.74, 6) is 0.943. The van der Waals surface area contributed by atoms with Gasteiger partial charge in [-0.3, -0.25) is 0 Å². The molecule has 2 nitrogen and oxygen atoms in total. The summed E-state index contributed by atoms with van der Waals surface area (Å²) in [6, 6.07) is 16.6. The summed E-state index contributed by atoms with van der Waals surface area (Å²) < 4.78 is 11.6. The Labute approximate surface area is 132 Å². The number of hydrogen-bond donors (Lipinski definition) is 0. The molecule has 20 heavy (non-hydrogen) atoms. The topological polar surface area (TPSA) is 18.5 Å². The lowest BCUT2D eigenvalue weighted by Gasteiger charge is -2.13. The molecule has 0 aromatic heterocycles. The van der Waals surface area contributed by atoms with E-state index in [4.69, 9.17) is 9.47 Å². The minimum Gasteiger partial charge on any atom is -0.352 e. The molecule has 0 saturated carbocycles. The largest absolute Gasteiger partial charge is 0.352 e. The van der Waals surface area contributed by atoms with E-state index in [1.54, 1.807) is 14.2 Å². The highest BCUT2D eigenvalue weighted by atomic mass is 79.9. The van der Waals surface area contributed by atoms with Gasteiger partial charge in [-0.15, -0.1) is 11.8 Å². The van der Waals surface area contributed by atoms with Crippen molar-refractivity contribution in [3.05, 3.63) is 64.1 Å². The van der Waals surface area contributed by atoms with Gasteiger partial charge in [-0.05, 0) is 23.8 Å². The van der Waals surface area contributed by atoms with Crippen LogP contribution in [0.4, 0.5) is 0 Å². The van der Waals surface area contributed by atoms with Crippen LogP contribution in [-0.2, 0) is 15.2 Å². The van der Waals surface area contributed by atoms with Crippen molar-refractivity contribution in [3.63, 3.8) is 0 Å². The summed E-state index contributed by atoms with van der Waals surface area (Å²) in [5.41, 5.74) is 2.33. The second-order valence-corrected chi connectivity index (χ2v) is 6.16. The second-order valence-electron chi connectivity index (χ2n) is 4.25. The summed E-state index contributed by atoms with van der Waals surface area (Å²) in [5, 5.41) is 0. The molecule has 0 unspecified atom stereocenters. The summed E-state index contributed by atoms with van der Waals surface area (Å²) in [7, 11) is 3.29. The molecule has 0 aliphatic rings. The van der Waals surface area contributed by atoms with E-state index in [2.05, 4.69) is 46.3 Å². The zero-order chi connectivity index (χ0) is 14.4. The van der Waals surface area contributed by atoms with Crippen molar-refractivity contribution >= 4 is 27.7 Å². The quantitative estimate of drug-likeness (QED) is 0.536. The Balaban J connectivity index is 1.99. The van der Waals surface area contributed by atoms with Crippen molar-refractivity contribution in [1.82, 2.24) is 0 Å². The lowest BCUT2D eigenvalue weighted by molar-refractivity contribution is -0.106. The first kappa shape index (κ1) is 15.6. The van der Waals surface area contributed by atoms with Gasteiger partial charge in [0.15, 0.2) is 6.29 Å². The summed E-state index contributed by atoms with van der Waals surface area (Å²) in [6.07, 6.45) is -0.294. The second kappa shape index (κ2) is 7.84. The maximum atomic E-state index is 5.24. The van der Waals surface area contributed by atoms with Gasteiger partial charge in [-0.25, -0.2) is 0 Å². The zero-order valence-corrected chi connectivity index (χ0v) is 13.9. The average Bonchev–Trinajstić information content (AvgIpc) is 2.49. The van der Waals surface area contributed by atoms with Crippen LogP contribution in [0.3, 0.4) is 0 Å². The van der Waals surface area contributed by atoms with Gasteiger partial charge in [0.1, 0.15) is 0 Å². The van der Waals surface area contributed by atoms with E-state index in [0.29, 0.717) is 0 Å².